The molecule has 0 aliphatic rings. The number of nitrogens with one attached hydrogen (secondary N) is 1. The quantitative estimate of drug-likeness (QED) is 0.680. The minimum absolute atomic E-state index is 0.00705. The SMILES string of the molecule is CC(C)(C)c1cccc(CNCC[C@@H](N)COc2cccc(Cl)c2)c1. The second-order valence-electron chi connectivity index (χ2n) is 7.44. The van der Waals surface area contributed by atoms with E-state index < -0.39 is 0 Å². The van der Waals surface area contributed by atoms with Gasteiger partial charge in [-0.1, -0.05) is 62.7 Å². The van der Waals surface area contributed by atoms with Crippen molar-refractivity contribution < 1.29 is 4.74 Å². The van der Waals surface area contributed by atoms with Crippen LogP contribution in [0.2, 0.25) is 5.02 Å². The zero-order valence-corrected chi connectivity index (χ0v) is 16.1. The Morgan fingerprint density at radius 2 is 1.88 bits per heavy atom. The third-order valence-corrected chi connectivity index (χ3v) is 4.31. The van der Waals surface area contributed by atoms with Gasteiger partial charge in [0.15, 0.2) is 0 Å². The summed E-state index contributed by atoms with van der Waals surface area (Å²) in [6.07, 6.45) is 0.861. The lowest BCUT2D eigenvalue weighted by molar-refractivity contribution is 0.281. The summed E-state index contributed by atoms with van der Waals surface area (Å²) in [5.74, 6) is 0.759. The van der Waals surface area contributed by atoms with Crippen LogP contribution in [0.1, 0.15) is 38.3 Å². The molecule has 0 aromatic heterocycles. The van der Waals surface area contributed by atoms with E-state index in [1.165, 1.54) is 11.1 Å². The van der Waals surface area contributed by atoms with E-state index in [9.17, 15) is 0 Å². The third-order valence-electron chi connectivity index (χ3n) is 4.07. The molecule has 25 heavy (non-hydrogen) atoms. The van der Waals surface area contributed by atoms with Crippen LogP contribution in [-0.2, 0) is 12.0 Å². The number of hydrogen-bond donors (Lipinski definition) is 2. The van der Waals surface area contributed by atoms with Crippen molar-refractivity contribution in [3.8, 4) is 5.75 Å². The maximum absolute atomic E-state index is 6.12. The van der Waals surface area contributed by atoms with Gasteiger partial charge in [-0.25, -0.2) is 0 Å². The molecule has 0 bridgehead atoms. The van der Waals surface area contributed by atoms with Crippen LogP contribution >= 0.6 is 11.6 Å². The van der Waals surface area contributed by atoms with E-state index in [2.05, 4.69) is 50.4 Å². The molecule has 3 N–H and O–H groups in total. The molecule has 0 saturated carbocycles. The lowest BCUT2D eigenvalue weighted by atomic mass is 9.86. The molecule has 0 amide bonds. The van der Waals surface area contributed by atoms with Crippen LogP contribution in [0, 0.1) is 0 Å². The van der Waals surface area contributed by atoms with Gasteiger partial charge >= 0.3 is 0 Å². The lowest BCUT2D eigenvalue weighted by Crippen LogP contribution is -2.31. The second-order valence-corrected chi connectivity index (χ2v) is 7.88. The summed E-state index contributed by atoms with van der Waals surface area (Å²) in [7, 11) is 0. The molecule has 0 saturated heterocycles. The molecule has 0 aliphatic heterocycles. The molecule has 0 radical (unpaired) electrons. The van der Waals surface area contributed by atoms with Gasteiger partial charge in [0.25, 0.3) is 0 Å². The fourth-order valence-electron chi connectivity index (χ4n) is 2.51. The first-order valence-electron chi connectivity index (χ1n) is 8.79. The smallest absolute Gasteiger partial charge is 0.120 e. The fourth-order valence-corrected chi connectivity index (χ4v) is 2.69. The highest BCUT2D eigenvalue weighted by Gasteiger charge is 2.13. The highest BCUT2D eigenvalue weighted by atomic mass is 35.5. The fraction of sp³-hybridized carbons (Fsp3) is 0.429. The van der Waals surface area contributed by atoms with Gasteiger partial charge < -0.3 is 15.8 Å². The average molecular weight is 361 g/mol. The molecule has 2 rings (SSSR count). The molecule has 136 valence electrons. The summed E-state index contributed by atoms with van der Waals surface area (Å²) < 4.78 is 5.68. The monoisotopic (exact) mass is 360 g/mol. The molecule has 1 atom stereocenters. The van der Waals surface area contributed by atoms with Gasteiger partial charge in [-0.2, -0.15) is 0 Å². The number of rotatable bonds is 8. The van der Waals surface area contributed by atoms with Gasteiger partial charge in [0.2, 0.25) is 0 Å². The molecule has 0 spiro atoms. The van der Waals surface area contributed by atoms with Gasteiger partial charge in [-0.05, 0) is 47.7 Å². The molecular formula is C21H29ClN2O. The summed E-state index contributed by atoms with van der Waals surface area (Å²) >= 11 is 5.94. The van der Waals surface area contributed by atoms with Crippen molar-refractivity contribution in [1.82, 2.24) is 5.32 Å². The lowest BCUT2D eigenvalue weighted by Gasteiger charge is -2.20. The van der Waals surface area contributed by atoms with Crippen molar-refractivity contribution in [3.63, 3.8) is 0 Å². The molecular weight excluding hydrogens is 332 g/mol. The van der Waals surface area contributed by atoms with Crippen molar-refractivity contribution in [2.45, 2.75) is 45.2 Å². The number of ether oxygens (including phenoxy) is 1. The Morgan fingerprint density at radius 1 is 1.12 bits per heavy atom. The summed E-state index contributed by atoms with van der Waals surface area (Å²) in [6.45, 7) is 8.91. The van der Waals surface area contributed by atoms with E-state index in [1.807, 2.05) is 18.2 Å². The first-order chi connectivity index (χ1) is 11.8. The second kappa shape index (κ2) is 9.23. The number of hydrogen-bond acceptors (Lipinski definition) is 3. The average Bonchev–Trinajstić information content (AvgIpc) is 2.56. The highest BCUT2D eigenvalue weighted by molar-refractivity contribution is 6.30. The topological polar surface area (TPSA) is 47.3 Å². The Labute approximate surface area is 156 Å². The zero-order valence-electron chi connectivity index (χ0n) is 15.4. The molecule has 2 aromatic carbocycles. The van der Waals surface area contributed by atoms with Crippen LogP contribution in [0.4, 0.5) is 0 Å². The van der Waals surface area contributed by atoms with Crippen LogP contribution in [0.15, 0.2) is 48.5 Å². The third kappa shape index (κ3) is 7.07. The van der Waals surface area contributed by atoms with Crippen LogP contribution in [0.5, 0.6) is 5.75 Å². The Bertz CT molecular complexity index is 667. The van der Waals surface area contributed by atoms with Crippen molar-refractivity contribution in [2.24, 2.45) is 5.73 Å². The van der Waals surface area contributed by atoms with E-state index in [0.717, 1.165) is 25.3 Å². The van der Waals surface area contributed by atoms with Gasteiger partial charge in [0, 0.05) is 17.6 Å². The Balaban J connectivity index is 1.69. The molecule has 2 aromatic rings. The van der Waals surface area contributed by atoms with E-state index in [0.29, 0.717) is 11.6 Å². The maximum atomic E-state index is 6.12. The van der Waals surface area contributed by atoms with Crippen LogP contribution in [-0.4, -0.2) is 19.2 Å². The summed E-state index contributed by atoms with van der Waals surface area (Å²) in [5, 5.41) is 4.13. The highest BCUT2D eigenvalue weighted by Crippen LogP contribution is 2.22. The van der Waals surface area contributed by atoms with Crippen molar-refractivity contribution >= 4 is 11.6 Å². The predicted molar refractivity (Wildman–Crippen MR) is 106 cm³/mol. The Morgan fingerprint density at radius 3 is 2.60 bits per heavy atom. The number of benzene rings is 2. The first kappa shape index (κ1) is 19.8. The summed E-state index contributed by atoms with van der Waals surface area (Å²) in [5.41, 5.74) is 8.96. The minimum atomic E-state index is -0.00705. The van der Waals surface area contributed by atoms with E-state index >= 15 is 0 Å². The van der Waals surface area contributed by atoms with Crippen LogP contribution in [0.25, 0.3) is 0 Å². The largest absolute Gasteiger partial charge is 0.492 e. The predicted octanol–water partition coefficient (Wildman–Crippen LogP) is 4.52. The van der Waals surface area contributed by atoms with Crippen LogP contribution in [0.3, 0.4) is 0 Å². The molecule has 0 fully saturated rings. The van der Waals surface area contributed by atoms with Crippen molar-refractivity contribution in [1.29, 1.82) is 0 Å². The maximum Gasteiger partial charge on any atom is 0.120 e. The zero-order chi connectivity index (χ0) is 18.3. The van der Waals surface area contributed by atoms with Crippen molar-refractivity contribution in [2.75, 3.05) is 13.2 Å². The molecule has 3 nitrogen and oxygen atoms in total. The normalized spacial score (nSPS) is 12.8. The molecule has 4 heteroatoms. The standard InChI is InChI=1S/C21H29ClN2O/c1-21(2,3)17-7-4-6-16(12-17)14-24-11-10-19(23)15-25-20-9-5-8-18(22)13-20/h4-9,12-13,19,24H,10-11,14-15,23H2,1-3H3/t19-/m1/s1. The molecule has 0 aliphatic carbocycles. The molecule has 0 heterocycles. The van der Waals surface area contributed by atoms with E-state index in [-0.39, 0.29) is 11.5 Å². The number of halogens is 1. The van der Waals surface area contributed by atoms with Gasteiger partial charge in [0.1, 0.15) is 12.4 Å². The van der Waals surface area contributed by atoms with Gasteiger partial charge in [-0.15, -0.1) is 0 Å². The Kier molecular flexibility index (Phi) is 7.30. The summed E-state index contributed by atoms with van der Waals surface area (Å²) in [6, 6.07) is 16.1. The summed E-state index contributed by atoms with van der Waals surface area (Å²) in [4.78, 5) is 0. The van der Waals surface area contributed by atoms with Crippen molar-refractivity contribution in [3.05, 3.63) is 64.7 Å². The molecule has 0 unspecified atom stereocenters. The van der Waals surface area contributed by atoms with Crippen LogP contribution < -0.4 is 15.8 Å². The first-order valence-corrected chi connectivity index (χ1v) is 9.16. The Hall–Kier alpha value is -1.55. The number of nitrogens with two attached hydrogens (primary N) is 1. The van der Waals surface area contributed by atoms with E-state index in [4.69, 9.17) is 22.1 Å². The van der Waals surface area contributed by atoms with E-state index in [1.54, 1.807) is 6.07 Å². The minimum Gasteiger partial charge on any atom is -0.492 e. The van der Waals surface area contributed by atoms with Gasteiger partial charge in [-0.3, -0.25) is 0 Å². The van der Waals surface area contributed by atoms with Gasteiger partial charge in [0.05, 0.1) is 0 Å².